The second-order valence-corrected chi connectivity index (χ2v) is 5.39. The van der Waals surface area contributed by atoms with Crippen LogP contribution in [0.2, 0.25) is 0 Å². The number of hydrogen-bond acceptors (Lipinski definition) is 2. The van der Waals surface area contributed by atoms with E-state index in [0.29, 0.717) is 6.04 Å². The van der Waals surface area contributed by atoms with Crippen molar-refractivity contribution < 1.29 is 0 Å². The summed E-state index contributed by atoms with van der Waals surface area (Å²) in [6.45, 7) is 5.66. The predicted molar refractivity (Wildman–Crippen MR) is 66.2 cm³/mol. The second kappa shape index (κ2) is 5.00. The largest absolute Gasteiger partial charge is 0.330 e. The summed E-state index contributed by atoms with van der Waals surface area (Å²) >= 11 is 0. The Balaban J connectivity index is 2.13. The molecule has 1 aliphatic rings. The second-order valence-electron chi connectivity index (χ2n) is 5.39. The molecule has 0 radical (unpaired) electrons. The van der Waals surface area contributed by atoms with Crippen LogP contribution < -0.4 is 5.32 Å². The predicted octanol–water partition coefficient (Wildman–Crippen LogP) is 2.60. The topological polar surface area (TPSA) is 29.9 Å². The lowest BCUT2D eigenvalue weighted by Crippen LogP contribution is -2.24. The molecular formula is C13H23N3. The summed E-state index contributed by atoms with van der Waals surface area (Å²) in [6, 6.07) is 0.657. The van der Waals surface area contributed by atoms with Gasteiger partial charge in [-0.15, -0.1) is 0 Å². The van der Waals surface area contributed by atoms with Crippen LogP contribution in [0.25, 0.3) is 0 Å². The van der Waals surface area contributed by atoms with Crippen molar-refractivity contribution in [3.05, 3.63) is 18.2 Å². The molecule has 1 aromatic rings. The number of nitrogens with zero attached hydrogens (tertiary/aromatic N) is 2. The van der Waals surface area contributed by atoms with Crippen LogP contribution in [-0.4, -0.2) is 16.6 Å². The van der Waals surface area contributed by atoms with E-state index in [1.165, 1.54) is 25.0 Å². The Morgan fingerprint density at radius 1 is 1.31 bits per heavy atom. The lowest BCUT2D eigenvalue weighted by atomic mass is 9.80. The maximum Gasteiger partial charge on any atom is 0.0951 e. The smallest absolute Gasteiger partial charge is 0.0951 e. The third kappa shape index (κ3) is 2.46. The van der Waals surface area contributed by atoms with Crippen molar-refractivity contribution in [2.75, 3.05) is 7.05 Å². The van der Waals surface area contributed by atoms with Gasteiger partial charge in [-0.25, -0.2) is 4.98 Å². The van der Waals surface area contributed by atoms with E-state index >= 15 is 0 Å². The molecule has 0 amide bonds. The maximum atomic E-state index is 4.29. The van der Waals surface area contributed by atoms with E-state index in [1.807, 2.05) is 19.6 Å². The highest BCUT2D eigenvalue weighted by atomic mass is 15.1. The quantitative estimate of drug-likeness (QED) is 0.850. The molecule has 2 atom stereocenters. The van der Waals surface area contributed by atoms with Crippen LogP contribution in [0.4, 0.5) is 0 Å². The van der Waals surface area contributed by atoms with Crippen LogP contribution in [0.5, 0.6) is 0 Å². The number of hydrogen-bond donors (Lipinski definition) is 1. The molecule has 1 aliphatic carbocycles. The van der Waals surface area contributed by atoms with Gasteiger partial charge in [-0.3, -0.25) is 0 Å². The summed E-state index contributed by atoms with van der Waals surface area (Å²) in [5.41, 5.74) is 1.31. The highest BCUT2D eigenvalue weighted by molar-refractivity contribution is 5.01. The Hall–Kier alpha value is -0.830. The summed E-state index contributed by atoms with van der Waals surface area (Å²) in [5.74, 6) is 1.69. The molecule has 1 N–H and O–H groups in total. The molecule has 2 unspecified atom stereocenters. The Bertz CT molecular complexity index is 322. The molecule has 90 valence electrons. The van der Waals surface area contributed by atoms with E-state index in [-0.39, 0.29) is 0 Å². The molecule has 1 heterocycles. The molecule has 0 aromatic carbocycles. The van der Waals surface area contributed by atoms with Crippen LogP contribution in [0.15, 0.2) is 12.5 Å². The minimum atomic E-state index is 0.657. The molecule has 1 fully saturated rings. The Labute approximate surface area is 98.3 Å². The molecule has 0 bridgehead atoms. The van der Waals surface area contributed by atoms with Gasteiger partial charge in [-0.05, 0) is 38.1 Å². The van der Waals surface area contributed by atoms with Crippen LogP contribution in [0.1, 0.15) is 44.8 Å². The van der Waals surface area contributed by atoms with Gasteiger partial charge in [0.05, 0.1) is 12.0 Å². The van der Waals surface area contributed by atoms with Crippen LogP contribution >= 0.6 is 0 Å². The first-order valence-electron chi connectivity index (χ1n) is 6.36. The van der Waals surface area contributed by atoms with Crippen molar-refractivity contribution in [1.82, 2.24) is 14.9 Å². The van der Waals surface area contributed by atoms with E-state index in [1.54, 1.807) is 0 Å². The molecule has 2 rings (SSSR count). The van der Waals surface area contributed by atoms with Crippen molar-refractivity contribution >= 4 is 0 Å². The van der Waals surface area contributed by atoms with E-state index in [2.05, 4.69) is 28.7 Å². The molecule has 0 saturated heterocycles. The summed E-state index contributed by atoms with van der Waals surface area (Å²) in [5, 5.41) is 3.21. The van der Waals surface area contributed by atoms with E-state index in [9.17, 15) is 0 Å². The fraction of sp³-hybridized carbons (Fsp3) is 0.769. The van der Waals surface area contributed by atoms with Gasteiger partial charge in [0.15, 0.2) is 0 Å². The van der Waals surface area contributed by atoms with Crippen molar-refractivity contribution in [2.24, 2.45) is 11.8 Å². The molecule has 3 nitrogen and oxygen atoms in total. The first-order valence-corrected chi connectivity index (χ1v) is 6.36. The van der Waals surface area contributed by atoms with Gasteiger partial charge >= 0.3 is 0 Å². The SMILES string of the molecule is CNCc1cncn1C1CC(C)CC(C)C1. The van der Waals surface area contributed by atoms with Crippen molar-refractivity contribution in [3.63, 3.8) is 0 Å². The van der Waals surface area contributed by atoms with Gasteiger partial charge in [0.25, 0.3) is 0 Å². The van der Waals surface area contributed by atoms with Gasteiger partial charge in [0, 0.05) is 18.8 Å². The average molecular weight is 221 g/mol. The van der Waals surface area contributed by atoms with Crippen LogP contribution in [0.3, 0.4) is 0 Å². The third-order valence-corrected chi connectivity index (χ3v) is 3.65. The number of nitrogens with one attached hydrogen (secondary N) is 1. The van der Waals surface area contributed by atoms with Gasteiger partial charge in [0.1, 0.15) is 0 Å². The lowest BCUT2D eigenvalue weighted by molar-refractivity contribution is 0.218. The van der Waals surface area contributed by atoms with Gasteiger partial charge in [-0.2, -0.15) is 0 Å². The Morgan fingerprint density at radius 2 is 2.00 bits per heavy atom. The standard InChI is InChI=1S/C13H23N3/c1-10-4-11(2)6-12(5-10)16-9-15-8-13(16)7-14-3/h8-12,14H,4-7H2,1-3H3. The fourth-order valence-corrected chi connectivity index (χ4v) is 3.11. The first kappa shape index (κ1) is 11.6. The van der Waals surface area contributed by atoms with Crippen molar-refractivity contribution in [1.29, 1.82) is 0 Å². The normalized spacial score (nSPS) is 30.6. The first-order chi connectivity index (χ1) is 7.70. The average Bonchev–Trinajstić information content (AvgIpc) is 2.65. The van der Waals surface area contributed by atoms with E-state index < -0.39 is 0 Å². The minimum absolute atomic E-state index is 0.657. The zero-order valence-corrected chi connectivity index (χ0v) is 10.6. The lowest BCUT2D eigenvalue weighted by Gasteiger charge is -2.33. The fourth-order valence-electron chi connectivity index (χ4n) is 3.11. The molecule has 1 saturated carbocycles. The van der Waals surface area contributed by atoms with E-state index in [0.717, 1.165) is 18.4 Å². The zero-order chi connectivity index (χ0) is 11.5. The zero-order valence-electron chi connectivity index (χ0n) is 10.6. The minimum Gasteiger partial charge on any atom is -0.330 e. The summed E-state index contributed by atoms with van der Waals surface area (Å²) in [7, 11) is 1.99. The maximum absolute atomic E-state index is 4.29. The Kier molecular flexibility index (Phi) is 3.64. The third-order valence-electron chi connectivity index (χ3n) is 3.65. The number of imidazole rings is 1. The Morgan fingerprint density at radius 3 is 2.62 bits per heavy atom. The summed E-state index contributed by atoms with van der Waals surface area (Å²) in [4.78, 5) is 4.29. The van der Waals surface area contributed by atoms with Crippen LogP contribution in [-0.2, 0) is 6.54 Å². The van der Waals surface area contributed by atoms with Crippen molar-refractivity contribution in [3.8, 4) is 0 Å². The highest BCUT2D eigenvalue weighted by Crippen LogP contribution is 2.36. The molecular weight excluding hydrogens is 198 g/mol. The summed E-state index contributed by atoms with van der Waals surface area (Å²) < 4.78 is 2.38. The molecule has 0 aliphatic heterocycles. The van der Waals surface area contributed by atoms with Gasteiger partial charge in [-0.1, -0.05) is 13.8 Å². The van der Waals surface area contributed by atoms with Gasteiger partial charge < -0.3 is 9.88 Å². The molecule has 1 aromatic heterocycles. The molecule has 3 heteroatoms. The summed E-state index contributed by atoms with van der Waals surface area (Å²) in [6.07, 6.45) is 7.98. The van der Waals surface area contributed by atoms with Crippen LogP contribution in [0, 0.1) is 11.8 Å². The van der Waals surface area contributed by atoms with Gasteiger partial charge in [0.2, 0.25) is 0 Å². The van der Waals surface area contributed by atoms with Crippen molar-refractivity contribution in [2.45, 2.75) is 45.7 Å². The molecule has 0 spiro atoms. The monoisotopic (exact) mass is 221 g/mol. The number of rotatable bonds is 3. The van der Waals surface area contributed by atoms with E-state index in [4.69, 9.17) is 0 Å². The highest BCUT2D eigenvalue weighted by Gasteiger charge is 2.25. The molecule has 16 heavy (non-hydrogen) atoms. The number of aromatic nitrogens is 2.